The smallest absolute Gasteiger partial charge is 0.348 e. The predicted octanol–water partition coefficient (Wildman–Crippen LogP) is 2.56. The van der Waals surface area contributed by atoms with Gasteiger partial charge >= 0.3 is 5.69 Å². The maximum Gasteiger partial charge on any atom is 0.348 e. The van der Waals surface area contributed by atoms with Crippen LogP contribution in [0.1, 0.15) is 5.56 Å². The Morgan fingerprint density at radius 2 is 1.96 bits per heavy atom. The van der Waals surface area contributed by atoms with Gasteiger partial charge in [0.05, 0.1) is 5.52 Å². The van der Waals surface area contributed by atoms with Crippen LogP contribution in [0.4, 0.5) is 0 Å². The third-order valence-electron chi connectivity index (χ3n) is 3.98. The summed E-state index contributed by atoms with van der Waals surface area (Å²) in [5.41, 5.74) is 2.94. The second-order valence-electron chi connectivity index (χ2n) is 5.49. The van der Waals surface area contributed by atoms with Gasteiger partial charge in [-0.15, -0.1) is 0 Å². The largest absolute Gasteiger partial charge is 0.508 e. The predicted molar refractivity (Wildman–Crippen MR) is 86.8 cm³/mol. The number of benzene rings is 2. The van der Waals surface area contributed by atoms with E-state index in [4.69, 9.17) is 0 Å². The van der Waals surface area contributed by atoms with Crippen LogP contribution in [-0.4, -0.2) is 24.8 Å². The van der Waals surface area contributed by atoms with Crippen LogP contribution in [0.15, 0.2) is 47.3 Å². The molecule has 0 bridgehead atoms. The first-order valence-corrected chi connectivity index (χ1v) is 7.07. The maximum atomic E-state index is 12.0. The van der Waals surface area contributed by atoms with Crippen LogP contribution in [0.2, 0.25) is 0 Å². The van der Waals surface area contributed by atoms with Crippen LogP contribution in [0.3, 0.4) is 0 Å². The lowest BCUT2D eigenvalue weighted by Gasteiger charge is -2.10. The van der Waals surface area contributed by atoms with Crippen molar-refractivity contribution in [2.24, 2.45) is 0 Å². The van der Waals surface area contributed by atoms with E-state index in [1.807, 2.05) is 6.92 Å². The SMILES string of the molecule is Cc1cc2n[nH]c(=O)n2c2cc(-c3cccc(O)c3)c(O)cc12. The van der Waals surface area contributed by atoms with E-state index < -0.39 is 0 Å². The molecule has 6 nitrogen and oxygen atoms in total. The van der Waals surface area contributed by atoms with Gasteiger partial charge in [0, 0.05) is 10.9 Å². The molecule has 6 heteroatoms. The minimum atomic E-state index is -0.336. The first-order valence-electron chi connectivity index (χ1n) is 7.07. The normalized spacial score (nSPS) is 11.3. The monoisotopic (exact) mass is 307 g/mol. The molecule has 0 fully saturated rings. The lowest BCUT2D eigenvalue weighted by Crippen LogP contribution is -2.10. The Labute approximate surface area is 130 Å². The number of aromatic nitrogens is 3. The molecule has 4 aromatic rings. The average molecular weight is 307 g/mol. The number of nitrogens with one attached hydrogen (secondary N) is 1. The highest BCUT2D eigenvalue weighted by Gasteiger charge is 2.13. The molecule has 2 aromatic heterocycles. The van der Waals surface area contributed by atoms with Crippen LogP contribution in [-0.2, 0) is 0 Å². The van der Waals surface area contributed by atoms with Crippen LogP contribution < -0.4 is 5.69 Å². The summed E-state index contributed by atoms with van der Waals surface area (Å²) in [6.07, 6.45) is 0. The summed E-state index contributed by atoms with van der Waals surface area (Å²) >= 11 is 0. The van der Waals surface area contributed by atoms with Crippen molar-refractivity contribution in [1.29, 1.82) is 0 Å². The second kappa shape index (κ2) is 4.61. The van der Waals surface area contributed by atoms with Gasteiger partial charge in [-0.2, -0.15) is 5.10 Å². The summed E-state index contributed by atoms with van der Waals surface area (Å²) in [4.78, 5) is 12.0. The van der Waals surface area contributed by atoms with Gasteiger partial charge in [-0.3, -0.25) is 0 Å². The van der Waals surface area contributed by atoms with Gasteiger partial charge in [0.2, 0.25) is 0 Å². The number of hydrogen-bond acceptors (Lipinski definition) is 4. The van der Waals surface area contributed by atoms with E-state index in [9.17, 15) is 15.0 Å². The third-order valence-corrected chi connectivity index (χ3v) is 3.98. The fourth-order valence-electron chi connectivity index (χ4n) is 2.89. The van der Waals surface area contributed by atoms with Crippen molar-refractivity contribution in [1.82, 2.24) is 14.6 Å². The van der Waals surface area contributed by atoms with Crippen LogP contribution in [0.5, 0.6) is 11.5 Å². The maximum absolute atomic E-state index is 12.0. The fourth-order valence-corrected chi connectivity index (χ4v) is 2.89. The molecule has 0 aliphatic rings. The molecule has 0 amide bonds. The summed E-state index contributed by atoms with van der Waals surface area (Å²) in [5, 5.41) is 27.2. The standard InChI is InChI=1S/C17H13N3O3/c1-9-5-16-18-19-17(23)20(16)14-7-13(15(22)8-12(9)14)10-3-2-4-11(21)6-10/h2-8,21-22H,1H3,(H,19,23). The van der Waals surface area contributed by atoms with E-state index in [1.54, 1.807) is 42.5 Å². The van der Waals surface area contributed by atoms with Crippen LogP contribution >= 0.6 is 0 Å². The molecular formula is C17H13N3O3. The summed E-state index contributed by atoms with van der Waals surface area (Å²) in [5.74, 6) is 0.193. The van der Waals surface area contributed by atoms with Gasteiger partial charge in [-0.1, -0.05) is 12.1 Å². The first kappa shape index (κ1) is 13.4. The number of aromatic hydroxyl groups is 2. The molecule has 0 radical (unpaired) electrons. The van der Waals surface area contributed by atoms with Gasteiger partial charge in [0.15, 0.2) is 5.65 Å². The minimum absolute atomic E-state index is 0.0853. The van der Waals surface area contributed by atoms with Gasteiger partial charge < -0.3 is 10.2 Å². The minimum Gasteiger partial charge on any atom is -0.508 e. The van der Waals surface area contributed by atoms with E-state index in [-0.39, 0.29) is 17.2 Å². The summed E-state index contributed by atoms with van der Waals surface area (Å²) in [7, 11) is 0. The highest BCUT2D eigenvalue weighted by atomic mass is 16.3. The van der Waals surface area contributed by atoms with Crippen molar-refractivity contribution in [3.05, 3.63) is 58.5 Å². The number of nitrogens with zero attached hydrogens (tertiary/aromatic N) is 2. The molecule has 0 unspecified atom stereocenters. The van der Waals surface area contributed by atoms with Gasteiger partial charge in [0.25, 0.3) is 0 Å². The topological polar surface area (TPSA) is 90.6 Å². The van der Waals surface area contributed by atoms with Gasteiger partial charge in [-0.05, 0) is 48.4 Å². The molecule has 2 heterocycles. The highest BCUT2D eigenvalue weighted by molar-refractivity contribution is 5.92. The molecule has 0 atom stereocenters. The van der Waals surface area contributed by atoms with Crippen molar-refractivity contribution < 1.29 is 10.2 Å². The molecule has 114 valence electrons. The van der Waals surface area contributed by atoms with E-state index in [0.29, 0.717) is 22.3 Å². The van der Waals surface area contributed by atoms with E-state index >= 15 is 0 Å². The number of hydrogen-bond donors (Lipinski definition) is 3. The van der Waals surface area contributed by atoms with E-state index in [2.05, 4.69) is 10.2 Å². The Kier molecular flexibility index (Phi) is 2.68. The lowest BCUT2D eigenvalue weighted by molar-refractivity contribution is 0.474. The number of aryl methyl sites for hydroxylation is 1. The highest BCUT2D eigenvalue weighted by Crippen LogP contribution is 2.35. The molecule has 3 N–H and O–H groups in total. The zero-order valence-corrected chi connectivity index (χ0v) is 12.2. The van der Waals surface area contributed by atoms with Crippen LogP contribution in [0, 0.1) is 6.92 Å². The zero-order chi connectivity index (χ0) is 16.1. The lowest BCUT2D eigenvalue weighted by atomic mass is 10.0. The molecule has 2 aromatic carbocycles. The number of rotatable bonds is 1. The Morgan fingerprint density at radius 3 is 2.74 bits per heavy atom. The summed E-state index contributed by atoms with van der Waals surface area (Å²) in [6.45, 7) is 1.90. The van der Waals surface area contributed by atoms with Crippen molar-refractivity contribution in [3.63, 3.8) is 0 Å². The number of aromatic amines is 1. The zero-order valence-electron chi connectivity index (χ0n) is 12.2. The van der Waals surface area contributed by atoms with E-state index in [1.165, 1.54) is 4.40 Å². The second-order valence-corrected chi connectivity index (χ2v) is 5.49. The molecular weight excluding hydrogens is 294 g/mol. The summed E-state index contributed by atoms with van der Waals surface area (Å²) < 4.78 is 1.47. The van der Waals surface area contributed by atoms with Crippen molar-refractivity contribution >= 4 is 16.6 Å². The Balaban J connectivity index is 2.15. The average Bonchev–Trinajstić information content (AvgIpc) is 2.88. The number of H-pyrrole nitrogens is 1. The van der Waals surface area contributed by atoms with E-state index in [0.717, 1.165) is 10.9 Å². The Hall–Kier alpha value is -3.28. The van der Waals surface area contributed by atoms with Crippen molar-refractivity contribution in [2.75, 3.05) is 0 Å². The fraction of sp³-hybridized carbons (Fsp3) is 0.0588. The molecule has 0 spiro atoms. The van der Waals surface area contributed by atoms with Gasteiger partial charge in [0.1, 0.15) is 11.5 Å². The Bertz CT molecular complexity index is 1130. The van der Waals surface area contributed by atoms with Crippen LogP contribution in [0.25, 0.3) is 27.7 Å². The molecule has 0 aliphatic carbocycles. The molecule has 0 aliphatic heterocycles. The van der Waals surface area contributed by atoms with Crippen molar-refractivity contribution in [3.8, 4) is 22.6 Å². The van der Waals surface area contributed by atoms with Crippen molar-refractivity contribution in [2.45, 2.75) is 6.92 Å². The summed E-state index contributed by atoms with van der Waals surface area (Å²) in [6, 6.07) is 11.7. The molecule has 0 saturated carbocycles. The molecule has 23 heavy (non-hydrogen) atoms. The van der Waals surface area contributed by atoms with Gasteiger partial charge in [-0.25, -0.2) is 14.3 Å². The Morgan fingerprint density at radius 1 is 1.13 bits per heavy atom. The molecule has 4 rings (SSSR count). The third kappa shape index (κ3) is 1.96. The number of phenols is 2. The molecule has 0 saturated heterocycles. The number of pyridine rings is 1. The quantitative estimate of drug-likeness (QED) is 0.504. The number of phenolic OH excluding ortho intramolecular Hbond substituents is 2. The number of fused-ring (bicyclic) bond motifs is 3. The first-order chi connectivity index (χ1) is 11.0.